The minimum absolute atomic E-state index is 0.330. The van der Waals surface area contributed by atoms with Crippen LogP contribution in [0, 0.1) is 11.8 Å². The van der Waals surface area contributed by atoms with Gasteiger partial charge in [0.25, 0.3) is 0 Å². The van der Waals surface area contributed by atoms with Crippen molar-refractivity contribution in [3.8, 4) is 17.6 Å². The van der Waals surface area contributed by atoms with E-state index in [9.17, 15) is 5.11 Å². The first-order valence-electron chi connectivity index (χ1n) is 6.06. The lowest BCUT2D eigenvalue weighted by Gasteiger charge is -1.97. The lowest BCUT2D eigenvalue weighted by Crippen LogP contribution is -1.82. The highest BCUT2D eigenvalue weighted by Gasteiger charge is 1.92. The number of phenols is 1. The van der Waals surface area contributed by atoms with E-state index < -0.39 is 0 Å². The Hall–Kier alpha value is -1.68. The van der Waals surface area contributed by atoms with Crippen LogP contribution < -0.4 is 0 Å². The van der Waals surface area contributed by atoms with E-state index in [2.05, 4.69) is 25.3 Å². The van der Waals surface area contributed by atoms with Gasteiger partial charge in [0.15, 0.2) is 0 Å². The highest BCUT2D eigenvalue weighted by molar-refractivity contribution is 5.27. The van der Waals surface area contributed by atoms with Crippen molar-refractivity contribution >= 4 is 0 Å². The third kappa shape index (κ3) is 6.48. The molecule has 0 bridgehead atoms. The number of rotatable bonds is 5. The van der Waals surface area contributed by atoms with Gasteiger partial charge in [-0.3, -0.25) is 0 Å². The average molecular weight is 228 g/mol. The number of benzene rings is 1. The van der Waals surface area contributed by atoms with Crippen molar-refractivity contribution in [1.29, 1.82) is 0 Å². The van der Waals surface area contributed by atoms with Crippen molar-refractivity contribution in [2.75, 3.05) is 0 Å². The van der Waals surface area contributed by atoms with Crippen LogP contribution in [0.15, 0.2) is 36.4 Å². The van der Waals surface area contributed by atoms with Crippen LogP contribution in [0.25, 0.3) is 0 Å². The Morgan fingerprint density at radius 3 is 2.76 bits per heavy atom. The van der Waals surface area contributed by atoms with E-state index in [0.717, 1.165) is 37.7 Å². The van der Waals surface area contributed by atoms with E-state index in [1.807, 2.05) is 12.1 Å². The van der Waals surface area contributed by atoms with Crippen LogP contribution in [-0.4, -0.2) is 5.11 Å². The summed E-state index contributed by atoms with van der Waals surface area (Å²) in [7, 11) is 0. The molecule has 0 amide bonds. The monoisotopic (exact) mass is 228 g/mol. The second kappa shape index (κ2) is 7.57. The highest BCUT2D eigenvalue weighted by atomic mass is 16.3. The summed E-state index contributed by atoms with van der Waals surface area (Å²) in [6.45, 7) is 5.92. The van der Waals surface area contributed by atoms with Crippen molar-refractivity contribution in [2.45, 2.75) is 39.0 Å². The number of hydrogen-bond donors (Lipinski definition) is 1. The molecule has 1 nitrogen and oxygen atoms in total. The largest absolute Gasteiger partial charge is 0.508 e. The molecular formula is C16H20O. The Morgan fingerprint density at radius 2 is 2.06 bits per heavy atom. The van der Waals surface area contributed by atoms with Gasteiger partial charge in [-0.15, -0.1) is 18.4 Å². The molecule has 0 aliphatic rings. The Balaban J connectivity index is 2.19. The van der Waals surface area contributed by atoms with Gasteiger partial charge >= 0.3 is 0 Å². The summed E-state index contributed by atoms with van der Waals surface area (Å²) in [5.41, 5.74) is 2.37. The Bertz CT molecular complexity index is 421. The van der Waals surface area contributed by atoms with Crippen molar-refractivity contribution < 1.29 is 5.11 Å². The molecule has 0 spiro atoms. The van der Waals surface area contributed by atoms with Crippen LogP contribution in [0.2, 0.25) is 0 Å². The standard InChI is InChI=1S/C16H20O/c1-14(2)9-6-4-3-5-7-10-15-11-8-12-16(17)13-15/h8,11-13,17H,1,4,6-7,9-10H2,2H3. The normalized spacial score (nSPS) is 9.47. The molecule has 1 rings (SSSR count). The smallest absolute Gasteiger partial charge is 0.115 e. The van der Waals surface area contributed by atoms with Crippen molar-refractivity contribution in [2.24, 2.45) is 0 Å². The Labute approximate surface area is 104 Å². The number of aryl methyl sites for hydroxylation is 1. The van der Waals surface area contributed by atoms with Gasteiger partial charge < -0.3 is 5.11 Å². The minimum Gasteiger partial charge on any atom is -0.508 e. The predicted molar refractivity (Wildman–Crippen MR) is 72.9 cm³/mol. The zero-order chi connectivity index (χ0) is 12.5. The molecule has 0 aromatic heterocycles. The molecule has 0 fully saturated rings. The summed E-state index contributed by atoms with van der Waals surface area (Å²) in [5, 5.41) is 9.29. The maximum atomic E-state index is 9.29. The fourth-order valence-corrected chi connectivity index (χ4v) is 1.57. The average Bonchev–Trinajstić information content (AvgIpc) is 2.27. The molecule has 0 heterocycles. The van der Waals surface area contributed by atoms with Gasteiger partial charge in [-0.25, -0.2) is 0 Å². The lowest BCUT2D eigenvalue weighted by molar-refractivity contribution is 0.474. The first-order valence-corrected chi connectivity index (χ1v) is 6.06. The molecule has 0 aliphatic carbocycles. The maximum Gasteiger partial charge on any atom is 0.115 e. The zero-order valence-electron chi connectivity index (χ0n) is 10.5. The first kappa shape index (κ1) is 13.4. The van der Waals surface area contributed by atoms with Crippen LogP contribution in [-0.2, 0) is 6.42 Å². The van der Waals surface area contributed by atoms with Crippen molar-refractivity contribution in [1.82, 2.24) is 0 Å². The van der Waals surface area contributed by atoms with Gasteiger partial charge in [0.05, 0.1) is 0 Å². The summed E-state index contributed by atoms with van der Waals surface area (Å²) in [6.07, 6.45) is 4.89. The van der Waals surface area contributed by atoms with E-state index in [4.69, 9.17) is 0 Å². The van der Waals surface area contributed by atoms with Crippen molar-refractivity contribution in [3.63, 3.8) is 0 Å². The summed E-state index contributed by atoms with van der Waals surface area (Å²) < 4.78 is 0. The summed E-state index contributed by atoms with van der Waals surface area (Å²) >= 11 is 0. The third-order valence-electron chi connectivity index (χ3n) is 2.48. The fraction of sp³-hybridized carbons (Fsp3) is 0.375. The van der Waals surface area contributed by atoms with Crippen LogP contribution in [0.4, 0.5) is 0 Å². The Kier molecular flexibility index (Phi) is 5.96. The number of hydrogen-bond acceptors (Lipinski definition) is 1. The van der Waals surface area contributed by atoms with Crippen molar-refractivity contribution in [3.05, 3.63) is 42.0 Å². The van der Waals surface area contributed by atoms with E-state index in [1.165, 1.54) is 5.57 Å². The minimum atomic E-state index is 0.330. The van der Waals surface area contributed by atoms with Crippen LogP contribution in [0.5, 0.6) is 5.75 Å². The fourth-order valence-electron chi connectivity index (χ4n) is 1.57. The molecule has 0 radical (unpaired) electrons. The van der Waals surface area contributed by atoms with Gasteiger partial charge in [-0.05, 0) is 43.9 Å². The molecule has 17 heavy (non-hydrogen) atoms. The Morgan fingerprint density at radius 1 is 1.29 bits per heavy atom. The molecule has 1 heteroatoms. The molecule has 0 atom stereocenters. The van der Waals surface area contributed by atoms with Crippen LogP contribution in [0.3, 0.4) is 0 Å². The van der Waals surface area contributed by atoms with E-state index >= 15 is 0 Å². The molecule has 0 unspecified atom stereocenters. The van der Waals surface area contributed by atoms with E-state index in [-0.39, 0.29) is 0 Å². The molecule has 0 saturated heterocycles. The van der Waals surface area contributed by atoms with Crippen LogP contribution >= 0.6 is 0 Å². The lowest BCUT2D eigenvalue weighted by atomic mass is 10.1. The molecular weight excluding hydrogens is 208 g/mol. The molecule has 1 aromatic carbocycles. The van der Waals surface area contributed by atoms with Gasteiger partial charge in [0.1, 0.15) is 5.75 Å². The molecule has 90 valence electrons. The second-order valence-corrected chi connectivity index (χ2v) is 4.33. The highest BCUT2D eigenvalue weighted by Crippen LogP contribution is 2.12. The quantitative estimate of drug-likeness (QED) is 0.457. The zero-order valence-corrected chi connectivity index (χ0v) is 10.5. The molecule has 1 aromatic rings. The third-order valence-corrected chi connectivity index (χ3v) is 2.48. The molecule has 0 aliphatic heterocycles. The molecule has 1 N–H and O–H groups in total. The van der Waals surface area contributed by atoms with Gasteiger partial charge in [0, 0.05) is 12.8 Å². The van der Waals surface area contributed by atoms with Crippen LogP contribution in [0.1, 0.15) is 38.2 Å². The van der Waals surface area contributed by atoms with E-state index in [1.54, 1.807) is 12.1 Å². The number of aromatic hydroxyl groups is 1. The summed E-state index contributed by atoms with van der Waals surface area (Å²) in [5.74, 6) is 6.67. The van der Waals surface area contributed by atoms with Gasteiger partial charge in [-0.1, -0.05) is 17.7 Å². The number of allylic oxidation sites excluding steroid dienone is 1. The number of unbranched alkanes of at least 4 members (excludes halogenated alkanes) is 1. The maximum absolute atomic E-state index is 9.29. The predicted octanol–water partition coefficient (Wildman–Crippen LogP) is 4.07. The first-order chi connectivity index (χ1) is 8.18. The number of phenolic OH excluding ortho intramolecular Hbond substituents is 1. The topological polar surface area (TPSA) is 20.2 Å². The summed E-state index contributed by atoms with van der Waals surface area (Å²) in [4.78, 5) is 0. The molecule has 0 saturated carbocycles. The van der Waals surface area contributed by atoms with E-state index in [0.29, 0.717) is 5.75 Å². The van der Waals surface area contributed by atoms with Gasteiger partial charge in [-0.2, -0.15) is 0 Å². The SMILES string of the molecule is C=C(C)CCCC#CCCc1cccc(O)c1. The summed E-state index contributed by atoms with van der Waals surface area (Å²) in [6, 6.07) is 7.36. The second-order valence-electron chi connectivity index (χ2n) is 4.33. The van der Waals surface area contributed by atoms with Gasteiger partial charge in [0.2, 0.25) is 0 Å².